The third-order valence-corrected chi connectivity index (χ3v) is 4.78. The Morgan fingerprint density at radius 2 is 2.08 bits per heavy atom. The number of carbonyl (C=O) groups excluding carboxylic acids is 1. The van der Waals surface area contributed by atoms with Gasteiger partial charge in [-0.05, 0) is 31.0 Å². The van der Waals surface area contributed by atoms with Gasteiger partial charge in [-0.1, -0.05) is 31.9 Å². The number of nitrogens with zero attached hydrogens (tertiary/aromatic N) is 4. The number of aromatic nitrogens is 3. The Morgan fingerprint density at radius 3 is 2.73 bits per heavy atom. The average Bonchev–Trinajstić information content (AvgIpc) is 2.99. The zero-order chi connectivity index (χ0) is 18.7. The largest absolute Gasteiger partial charge is 0.292 e. The number of hydrogen-bond donors (Lipinski definition) is 0. The van der Waals surface area contributed by atoms with E-state index >= 15 is 0 Å². The van der Waals surface area contributed by atoms with Gasteiger partial charge in [0.05, 0.1) is 17.3 Å². The molecule has 5 nitrogen and oxygen atoms in total. The van der Waals surface area contributed by atoms with Crippen LogP contribution in [0.25, 0.3) is 22.0 Å². The lowest BCUT2D eigenvalue weighted by molar-refractivity contribution is 0.0975. The number of fused-ring (bicyclic) bond motifs is 1. The van der Waals surface area contributed by atoms with Crippen LogP contribution in [0.15, 0.2) is 30.5 Å². The van der Waals surface area contributed by atoms with Crippen molar-refractivity contribution < 1.29 is 4.79 Å². The Morgan fingerprint density at radius 1 is 1.27 bits per heavy atom. The number of carbonyl (C=O) groups is 1. The molecule has 0 amide bonds. The molecule has 0 fully saturated rings. The van der Waals surface area contributed by atoms with Crippen LogP contribution in [-0.2, 0) is 7.05 Å². The van der Waals surface area contributed by atoms with Crippen LogP contribution >= 0.6 is 0 Å². The third kappa shape index (κ3) is 3.23. The van der Waals surface area contributed by atoms with Crippen LogP contribution in [0.2, 0.25) is 0 Å². The van der Waals surface area contributed by atoms with Crippen molar-refractivity contribution in [1.82, 2.24) is 14.8 Å². The van der Waals surface area contributed by atoms with Crippen LogP contribution in [0.1, 0.15) is 54.4 Å². The number of aryl methyl sites for hydroxylation is 1. The normalized spacial score (nSPS) is 10.8. The number of Topliss-reactive ketones (excluding diaryl/α,β-unsaturated/α-hetero) is 1. The van der Waals surface area contributed by atoms with Crippen molar-refractivity contribution in [3.8, 4) is 17.2 Å². The number of hydrogen-bond acceptors (Lipinski definition) is 4. The fraction of sp³-hybridized carbons (Fsp3) is 0.333. The van der Waals surface area contributed by atoms with Gasteiger partial charge in [-0.2, -0.15) is 10.4 Å². The van der Waals surface area contributed by atoms with Crippen LogP contribution < -0.4 is 0 Å². The number of benzene rings is 1. The monoisotopic (exact) mass is 346 g/mol. The predicted octanol–water partition coefficient (Wildman–Crippen LogP) is 4.58. The predicted molar refractivity (Wildman–Crippen MR) is 102 cm³/mol. The van der Waals surface area contributed by atoms with Crippen molar-refractivity contribution in [2.45, 2.75) is 39.5 Å². The molecular formula is C21H22N4O. The van der Waals surface area contributed by atoms with Gasteiger partial charge in [0.25, 0.3) is 0 Å². The minimum atomic E-state index is 0.0240. The number of nitriles is 1. The van der Waals surface area contributed by atoms with Crippen molar-refractivity contribution in [2.24, 2.45) is 7.05 Å². The summed E-state index contributed by atoms with van der Waals surface area (Å²) < 4.78 is 1.80. The van der Waals surface area contributed by atoms with Crippen LogP contribution in [0, 0.1) is 18.3 Å². The first-order chi connectivity index (χ1) is 12.6. The summed E-state index contributed by atoms with van der Waals surface area (Å²) in [6.07, 6.45) is 5.23. The Bertz CT molecular complexity index is 1010. The molecule has 0 N–H and O–H groups in total. The van der Waals surface area contributed by atoms with E-state index < -0.39 is 0 Å². The molecule has 0 saturated heterocycles. The van der Waals surface area contributed by atoms with Gasteiger partial charge in [-0.15, -0.1) is 0 Å². The van der Waals surface area contributed by atoms with E-state index in [4.69, 9.17) is 0 Å². The fourth-order valence-corrected chi connectivity index (χ4v) is 3.13. The van der Waals surface area contributed by atoms with Gasteiger partial charge in [0.15, 0.2) is 5.78 Å². The van der Waals surface area contributed by atoms with Gasteiger partial charge in [-0.25, -0.2) is 4.98 Å². The molecule has 5 heteroatoms. The van der Waals surface area contributed by atoms with Crippen molar-refractivity contribution in [3.63, 3.8) is 0 Å². The average molecular weight is 346 g/mol. The lowest BCUT2D eigenvalue weighted by atomic mass is 9.97. The van der Waals surface area contributed by atoms with Crippen molar-refractivity contribution in [2.75, 3.05) is 0 Å². The molecule has 0 radical (unpaired) electrons. The van der Waals surface area contributed by atoms with E-state index in [1.807, 2.05) is 32.2 Å². The highest BCUT2D eigenvalue weighted by molar-refractivity contribution is 6.03. The van der Waals surface area contributed by atoms with E-state index in [1.54, 1.807) is 16.9 Å². The van der Waals surface area contributed by atoms with Crippen LogP contribution in [0.3, 0.4) is 0 Å². The second-order valence-corrected chi connectivity index (χ2v) is 6.52. The molecule has 2 heterocycles. The minimum absolute atomic E-state index is 0.0240. The summed E-state index contributed by atoms with van der Waals surface area (Å²) >= 11 is 0. The number of ketones is 1. The first-order valence-corrected chi connectivity index (χ1v) is 8.92. The second kappa shape index (κ2) is 7.49. The lowest BCUT2D eigenvalue weighted by Gasteiger charge is -2.10. The molecule has 0 spiro atoms. The maximum atomic E-state index is 12.7. The van der Waals surface area contributed by atoms with Crippen molar-refractivity contribution >= 4 is 16.7 Å². The van der Waals surface area contributed by atoms with E-state index in [9.17, 15) is 10.1 Å². The van der Waals surface area contributed by atoms with Crippen LogP contribution in [-0.4, -0.2) is 20.5 Å². The molecular weight excluding hydrogens is 324 g/mol. The zero-order valence-electron chi connectivity index (χ0n) is 15.4. The molecule has 0 aliphatic heterocycles. The quantitative estimate of drug-likeness (QED) is 0.484. The van der Waals surface area contributed by atoms with Crippen LogP contribution in [0.4, 0.5) is 0 Å². The molecule has 3 aromatic rings. The molecule has 2 aromatic heterocycles. The lowest BCUT2D eigenvalue weighted by Crippen LogP contribution is -2.04. The molecule has 0 saturated carbocycles. The SMILES string of the molecule is CCCCCC(=O)c1cc(-c2cnn(C)c2C)c2cccc(C#N)c2n1. The molecule has 0 bridgehead atoms. The fourth-order valence-electron chi connectivity index (χ4n) is 3.13. The summed E-state index contributed by atoms with van der Waals surface area (Å²) in [6, 6.07) is 9.57. The molecule has 26 heavy (non-hydrogen) atoms. The molecule has 1 aromatic carbocycles. The zero-order valence-corrected chi connectivity index (χ0v) is 15.4. The standard InChI is InChI=1S/C21H22N4O/c1-4-5-6-10-20(26)19-11-17(18-13-23-25(3)14(18)2)16-9-7-8-15(12-22)21(16)24-19/h7-9,11,13H,4-6,10H2,1-3H3. The number of unbranched alkanes of at least 4 members (excludes halogenated alkanes) is 2. The van der Waals surface area contributed by atoms with Gasteiger partial charge < -0.3 is 0 Å². The number of pyridine rings is 1. The van der Waals surface area contributed by atoms with Crippen molar-refractivity contribution in [3.05, 3.63) is 47.4 Å². The van der Waals surface area contributed by atoms with Gasteiger partial charge >= 0.3 is 0 Å². The maximum absolute atomic E-state index is 12.7. The minimum Gasteiger partial charge on any atom is -0.292 e. The van der Waals surface area contributed by atoms with E-state index in [-0.39, 0.29) is 5.78 Å². The van der Waals surface area contributed by atoms with E-state index in [2.05, 4.69) is 23.1 Å². The van der Waals surface area contributed by atoms with Crippen molar-refractivity contribution in [1.29, 1.82) is 5.26 Å². The first kappa shape index (κ1) is 17.8. The number of rotatable bonds is 6. The van der Waals surface area contributed by atoms with E-state index in [1.165, 1.54) is 0 Å². The summed E-state index contributed by atoms with van der Waals surface area (Å²) in [5.74, 6) is 0.0240. The summed E-state index contributed by atoms with van der Waals surface area (Å²) in [6.45, 7) is 4.10. The molecule has 0 atom stereocenters. The molecule has 132 valence electrons. The van der Waals surface area contributed by atoms with E-state index in [0.29, 0.717) is 23.2 Å². The summed E-state index contributed by atoms with van der Waals surface area (Å²) in [4.78, 5) is 17.2. The highest BCUT2D eigenvalue weighted by Crippen LogP contribution is 2.32. The Balaban J connectivity index is 2.20. The van der Waals surface area contributed by atoms with Gasteiger partial charge in [-0.3, -0.25) is 9.48 Å². The summed E-state index contributed by atoms with van der Waals surface area (Å²) in [5, 5.41) is 14.7. The first-order valence-electron chi connectivity index (χ1n) is 8.92. The van der Waals surface area contributed by atoms with E-state index in [0.717, 1.165) is 41.5 Å². The topological polar surface area (TPSA) is 71.6 Å². The smallest absolute Gasteiger partial charge is 0.181 e. The Labute approximate surface area is 153 Å². The highest BCUT2D eigenvalue weighted by atomic mass is 16.1. The summed E-state index contributed by atoms with van der Waals surface area (Å²) in [7, 11) is 1.89. The Kier molecular flexibility index (Phi) is 5.13. The van der Waals surface area contributed by atoms with Gasteiger partial charge in [0.1, 0.15) is 11.8 Å². The maximum Gasteiger partial charge on any atom is 0.181 e. The third-order valence-electron chi connectivity index (χ3n) is 4.78. The van der Waals surface area contributed by atoms with Gasteiger partial charge in [0, 0.05) is 30.1 Å². The molecule has 0 aliphatic rings. The van der Waals surface area contributed by atoms with Gasteiger partial charge in [0.2, 0.25) is 0 Å². The Hall–Kier alpha value is -3.00. The molecule has 0 unspecified atom stereocenters. The second-order valence-electron chi connectivity index (χ2n) is 6.52. The summed E-state index contributed by atoms with van der Waals surface area (Å²) in [5.41, 5.74) is 4.34. The highest BCUT2D eigenvalue weighted by Gasteiger charge is 2.17. The number of para-hydroxylation sites is 1. The molecule has 0 aliphatic carbocycles. The molecule has 3 rings (SSSR count). The van der Waals surface area contributed by atoms with Crippen LogP contribution in [0.5, 0.6) is 0 Å².